The molecule has 0 saturated carbocycles. The molecule has 1 amide bonds. The van der Waals surface area contributed by atoms with Crippen LogP contribution in [0.25, 0.3) is 0 Å². The molecule has 0 bridgehead atoms. The van der Waals surface area contributed by atoms with Crippen molar-refractivity contribution in [3.63, 3.8) is 0 Å². The number of hydrogen-bond acceptors (Lipinski definition) is 4. The van der Waals surface area contributed by atoms with E-state index < -0.39 is 0 Å². The van der Waals surface area contributed by atoms with Gasteiger partial charge in [0.15, 0.2) is 0 Å². The van der Waals surface area contributed by atoms with Gasteiger partial charge in [0, 0.05) is 37.2 Å². The number of carbonyl (C=O) groups is 1. The fourth-order valence-electron chi connectivity index (χ4n) is 3.51. The molecule has 0 spiro atoms. The summed E-state index contributed by atoms with van der Waals surface area (Å²) in [6, 6.07) is 5.55. The molecule has 24 heavy (non-hydrogen) atoms. The number of methoxy groups -OCH3 is 1. The van der Waals surface area contributed by atoms with Crippen LogP contribution in [0.1, 0.15) is 23.2 Å². The first-order valence-electron chi connectivity index (χ1n) is 8.60. The van der Waals surface area contributed by atoms with Gasteiger partial charge in [0.2, 0.25) is 0 Å². The van der Waals surface area contributed by atoms with E-state index in [-0.39, 0.29) is 5.91 Å². The summed E-state index contributed by atoms with van der Waals surface area (Å²) in [4.78, 5) is 17.4. The molecule has 5 nitrogen and oxygen atoms in total. The van der Waals surface area contributed by atoms with Crippen molar-refractivity contribution in [1.29, 1.82) is 0 Å². The SMILES string of the molecule is COc1ccc(Br)c(C(=O)N2CCCC(CN3CCOCC3)C2)c1. The Hall–Kier alpha value is -1.11. The smallest absolute Gasteiger partial charge is 0.255 e. The highest BCUT2D eigenvalue weighted by atomic mass is 79.9. The number of benzene rings is 1. The quantitative estimate of drug-likeness (QED) is 0.784. The average molecular weight is 397 g/mol. The van der Waals surface area contributed by atoms with Crippen molar-refractivity contribution >= 4 is 21.8 Å². The molecule has 2 heterocycles. The Kier molecular flexibility index (Phi) is 6.14. The van der Waals surface area contributed by atoms with E-state index in [1.165, 1.54) is 6.42 Å². The predicted octanol–water partition coefficient (Wildman–Crippen LogP) is 2.64. The van der Waals surface area contributed by atoms with Crippen molar-refractivity contribution in [2.45, 2.75) is 12.8 Å². The zero-order valence-electron chi connectivity index (χ0n) is 14.2. The van der Waals surface area contributed by atoms with E-state index in [4.69, 9.17) is 9.47 Å². The largest absolute Gasteiger partial charge is 0.497 e. The highest BCUT2D eigenvalue weighted by Gasteiger charge is 2.27. The summed E-state index contributed by atoms with van der Waals surface area (Å²) in [6.07, 6.45) is 2.27. The second kappa shape index (κ2) is 8.32. The van der Waals surface area contributed by atoms with Gasteiger partial charge in [-0.1, -0.05) is 0 Å². The summed E-state index contributed by atoms with van der Waals surface area (Å²) in [5, 5.41) is 0. The van der Waals surface area contributed by atoms with E-state index >= 15 is 0 Å². The molecule has 2 aliphatic rings. The molecule has 1 aromatic carbocycles. The predicted molar refractivity (Wildman–Crippen MR) is 96.6 cm³/mol. The van der Waals surface area contributed by atoms with Crippen LogP contribution in [0.4, 0.5) is 0 Å². The summed E-state index contributed by atoms with van der Waals surface area (Å²) in [6.45, 7) is 6.39. The minimum Gasteiger partial charge on any atom is -0.497 e. The van der Waals surface area contributed by atoms with Crippen LogP contribution in [-0.4, -0.2) is 68.8 Å². The molecular formula is C18H25BrN2O3. The summed E-state index contributed by atoms with van der Waals surface area (Å²) in [5.41, 5.74) is 0.682. The first kappa shape index (κ1) is 17.7. The zero-order valence-corrected chi connectivity index (χ0v) is 15.8. The monoisotopic (exact) mass is 396 g/mol. The number of amides is 1. The first-order valence-corrected chi connectivity index (χ1v) is 9.39. The van der Waals surface area contributed by atoms with Gasteiger partial charge in [-0.25, -0.2) is 0 Å². The van der Waals surface area contributed by atoms with Gasteiger partial charge in [-0.2, -0.15) is 0 Å². The second-order valence-corrected chi connectivity index (χ2v) is 7.37. The van der Waals surface area contributed by atoms with Crippen LogP contribution in [0.15, 0.2) is 22.7 Å². The van der Waals surface area contributed by atoms with E-state index in [1.54, 1.807) is 7.11 Å². The lowest BCUT2D eigenvalue weighted by Gasteiger charge is -2.37. The van der Waals surface area contributed by atoms with Crippen molar-refractivity contribution < 1.29 is 14.3 Å². The molecule has 0 aliphatic carbocycles. The molecule has 0 aromatic heterocycles. The van der Waals surface area contributed by atoms with Crippen LogP contribution in [0.3, 0.4) is 0 Å². The lowest BCUT2D eigenvalue weighted by atomic mass is 9.96. The van der Waals surface area contributed by atoms with Crippen molar-refractivity contribution in [1.82, 2.24) is 9.80 Å². The maximum atomic E-state index is 12.9. The van der Waals surface area contributed by atoms with Gasteiger partial charge >= 0.3 is 0 Å². The van der Waals surface area contributed by atoms with Gasteiger partial charge in [0.1, 0.15) is 5.75 Å². The van der Waals surface area contributed by atoms with Crippen LogP contribution < -0.4 is 4.74 Å². The van der Waals surface area contributed by atoms with Crippen molar-refractivity contribution in [3.8, 4) is 5.75 Å². The first-order chi connectivity index (χ1) is 11.7. The number of ether oxygens (including phenoxy) is 2. The van der Waals surface area contributed by atoms with Crippen molar-refractivity contribution in [2.24, 2.45) is 5.92 Å². The van der Waals surface area contributed by atoms with Crippen LogP contribution in [0.5, 0.6) is 5.75 Å². The Labute approximate surface area is 152 Å². The lowest BCUT2D eigenvalue weighted by molar-refractivity contribution is 0.0223. The summed E-state index contributed by atoms with van der Waals surface area (Å²) >= 11 is 3.50. The third kappa shape index (κ3) is 4.29. The molecule has 0 N–H and O–H groups in total. The molecule has 2 fully saturated rings. The average Bonchev–Trinajstić information content (AvgIpc) is 2.63. The number of piperidine rings is 1. The number of likely N-dealkylation sites (tertiary alicyclic amines) is 1. The van der Waals surface area contributed by atoms with E-state index in [9.17, 15) is 4.79 Å². The van der Waals surface area contributed by atoms with Gasteiger partial charge in [-0.05, 0) is 52.9 Å². The van der Waals surface area contributed by atoms with Crippen molar-refractivity contribution in [2.75, 3.05) is 53.0 Å². The molecule has 132 valence electrons. The van der Waals surface area contributed by atoms with Gasteiger partial charge in [-0.3, -0.25) is 9.69 Å². The van der Waals surface area contributed by atoms with E-state index in [0.717, 1.165) is 56.8 Å². The van der Waals surface area contributed by atoms with Crippen molar-refractivity contribution in [3.05, 3.63) is 28.2 Å². The number of morpholine rings is 1. The van der Waals surface area contributed by atoms with Gasteiger partial charge in [-0.15, -0.1) is 0 Å². The fraction of sp³-hybridized carbons (Fsp3) is 0.611. The van der Waals surface area contributed by atoms with E-state index in [2.05, 4.69) is 20.8 Å². The molecule has 1 atom stereocenters. The molecular weight excluding hydrogens is 372 g/mol. The minimum atomic E-state index is 0.0902. The topological polar surface area (TPSA) is 42.0 Å². The molecule has 3 rings (SSSR count). The lowest BCUT2D eigenvalue weighted by Crippen LogP contribution is -2.46. The molecule has 2 saturated heterocycles. The number of carbonyl (C=O) groups excluding carboxylic acids is 1. The number of rotatable bonds is 4. The third-order valence-corrected chi connectivity index (χ3v) is 5.52. The Balaban J connectivity index is 1.64. The normalized spacial score (nSPS) is 22.4. The minimum absolute atomic E-state index is 0.0902. The van der Waals surface area contributed by atoms with Crippen LogP contribution in [0.2, 0.25) is 0 Å². The molecule has 1 unspecified atom stereocenters. The Morgan fingerprint density at radius 1 is 1.33 bits per heavy atom. The summed E-state index contributed by atoms with van der Waals surface area (Å²) in [5.74, 6) is 1.35. The molecule has 2 aliphatic heterocycles. The highest BCUT2D eigenvalue weighted by Crippen LogP contribution is 2.26. The number of nitrogens with zero attached hydrogens (tertiary/aromatic N) is 2. The highest BCUT2D eigenvalue weighted by molar-refractivity contribution is 9.10. The van der Waals surface area contributed by atoms with Crippen LogP contribution >= 0.6 is 15.9 Å². The van der Waals surface area contributed by atoms with Gasteiger partial charge < -0.3 is 14.4 Å². The standard InChI is InChI=1S/C18H25BrN2O3/c1-23-15-4-5-17(19)16(11-15)18(22)21-6-2-3-14(13-21)12-20-7-9-24-10-8-20/h4-5,11,14H,2-3,6-10,12-13H2,1H3. The fourth-order valence-corrected chi connectivity index (χ4v) is 3.93. The van der Waals surface area contributed by atoms with Crippen LogP contribution in [0, 0.1) is 5.92 Å². The Morgan fingerprint density at radius 2 is 2.12 bits per heavy atom. The van der Waals surface area contributed by atoms with E-state index in [1.807, 2.05) is 23.1 Å². The number of hydrogen-bond donors (Lipinski definition) is 0. The van der Waals surface area contributed by atoms with Gasteiger partial charge in [0.25, 0.3) is 5.91 Å². The zero-order chi connectivity index (χ0) is 16.9. The molecule has 1 aromatic rings. The van der Waals surface area contributed by atoms with Crippen LogP contribution in [-0.2, 0) is 4.74 Å². The summed E-state index contributed by atoms with van der Waals surface area (Å²) in [7, 11) is 1.62. The Morgan fingerprint density at radius 3 is 2.88 bits per heavy atom. The van der Waals surface area contributed by atoms with Gasteiger partial charge in [0.05, 0.1) is 25.9 Å². The van der Waals surface area contributed by atoms with E-state index in [0.29, 0.717) is 17.2 Å². The second-order valence-electron chi connectivity index (χ2n) is 6.52. The maximum Gasteiger partial charge on any atom is 0.255 e. The molecule has 6 heteroatoms. The maximum absolute atomic E-state index is 12.9. The molecule has 0 radical (unpaired) electrons. The third-order valence-electron chi connectivity index (χ3n) is 4.83. The Bertz CT molecular complexity index is 575. The summed E-state index contributed by atoms with van der Waals surface area (Å²) < 4.78 is 11.5. The number of halogens is 1.